The number of benzene rings is 1. The SMILES string of the molecule is Nc1ccc2c(c1)C=C(CNC1CC1)S2(=O)=O. The third kappa shape index (κ3) is 1.85. The molecule has 4 nitrogen and oxygen atoms in total. The Morgan fingerprint density at radius 2 is 2.12 bits per heavy atom. The minimum absolute atomic E-state index is 0.374. The second kappa shape index (κ2) is 3.58. The van der Waals surface area contributed by atoms with Crippen LogP contribution in [0, 0.1) is 0 Å². The highest BCUT2D eigenvalue weighted by molar-refractivity contribution is 7.95. The van der Waals surface area contributed by atoms with Crippen LogP contribution < -0.4 is 11.1 Å². The number of fused-ring (bicyclic) bond motifs is 1. The molecular formula is C12H14N2O2S. The maximum Gasteiger partial charge on any atom is 0.204 e. The Labute approximate surface area is 100 Å². The summed E-state index contributed by atoms with van der Waals surface area (Å²) >= 11 is 0. The summed E-state index contributed by atoms with van der Waals surface area (Å²) in [5.74, 6) is 0. The van der Waals surface area contributed by atoms with Crippen molar-refractivity contribution in [2.24, 2.45) is 0 Å². The molecule has 0 aromatic heterocycles. The monoisotopic (exact) mass is 250 g/mol. The van der Waals surface area contributed by atoms with Crippen molar-refractivity contribution in [3.05, 3.63) is 28.7 Å². The Kier molecular flexibility index (Phi) is 2.27. The molecule has 1 aromatic rings. The Morgan fingerprint density at radius 1 is 1.35 bits per heavy atom. The molecule has 3 N–H and O–H groups in total. The second-order valence-electron chi connectivity index (χ2n) is 4.57. The van der Waals surface area contributed by atoms with E-state index in [-0.39, 0.29) is 0 Å². The van der Waals surface area contributed by atoms with Crippen LogP contribution >= 0.6 is 0 Å². The van der Waals surface area contributed by atoms with Gasteiger partial charge in [0.25, 0.3) is 0 Å². The average Bonchev–Trinajstić information content (AvgIpc) is 3.03. The number of nitrogens with two attached hydrogens (primary N) is 1. The molecular weight excluding hydrogens is 236 g/mol. The van der Waals surface area contributed by atoms with Gasteiger partial charge in [0.15, 0.2) is 0 Å². The Balaban J connectivity index is 1.93. The van der Waals surface area contributed by atoms with E-state index in [4.69, 9.17) is 5.73 Å². The van der Waals surface area contributed by atoms with E-state index < -0.39 is 9.84 Å². The van der Waals surface area contributed by atoms with E-state index in [1.54, 1.807) is 24.3 Å². The van der Waals surface area contributed by atoms with Gasteiger partial charge in [0.1, 0.15) is 0 Å². The van der Waals surface area contributed by atoms with Gasteiger partial charge < -0.3 is 11.1 Å². The number of nitrogens with one attached hydrogen (secondary N) is 1. The van der Waals surface area contributed by atoms with Crippen molar-refractivity contribution >= 4 is 21.6 Å². The lowest BCUT2D eigenvalue weighted by atomic mass is 10.2. The van der Waals surface area contributed by atoms with E-state index >= 15 is 0 Å². The lowest BCUT2D eigenvalue weighted by Gasteiger charge is -2.04. The van der Waals surface area contributed by atoms with Crippen molar-refractivity contribution < 1.29 is 8.42 Å². The summed E-state index contributed by atoms with van der Waals surface area (Å²) in [7, 11) is -3.29. The van der Waals surface area contributed by atoms with Crippen LogP contribution in [0.5, 0.6) is 0 Å². The van der Waals surface area contributed by atoms with Crippen molar-refractivity contribution in [3.63, 3.8) is 0 Å². The van der Waals surface area contributed by atoms with Gasteiger partial charge >= 0.3 is 0 Å². The van der Waals surface area contributed by atoms with Crippen LogP contribution in [0.15, 0.2) is 28.0 Å². The van der Waals surface area contributed by atoms with E-state index in [1.807, 2.05) is 0 Å². The van der Waals surface area contributed by atoms with Crippen molar-refractivity contribution in [2.75, 3.05) is 12.3 Å². The Bertz CT molecular complexity index is 601. The third-order valence-corrected chi connectivity index (χ3v) is 5.03. The molecule has 0 saturated heterocycles. The minimum Gasteiger partial charge on any atom is -0.399 e. The van der Waals surface area contributed by atoms with E-state index in [0.29, 0.717) is 33.6 Å². The molecule has 17 heavy (non-hydrogen) atoms. The van der Waals surface area contributed by atoms with Gasteiger partial charge in [0.05, 0.1) is 9.80 Å². The molecule has 3 rings (SSSR count). The molecule has 0 radical (unpaired) electrons. The molecule has 1 fully saturated rings. The standard InChI is InChI=1S/C12H14N2O2S/c13-9-1-4-12-8(5-9)6-11(17(12,15)16)7-14-10-2-3-10/h1,4-6,10,14H,2-3,7,13H2. The van der Waals surface area contributed by atoms with Gasteiger partial charge in [-0.15, -0.1) is 0 Å². The molecule has 2 aliphatic rings. The number of sulfone groups is 1. The van der Waals surface area contributed by atoms with E-state index in [2.05, 4.69) is 5.32 Å². The summed E-state index contributed by atoms with van der Waals surface area (Å²) in [5.41, 5.74) is 6.95. The molecule has 0 bridgehead atoms. The third-order valence-electron chi connectivity index (χ3n) is 3.13. The molecule has 1 aromatic carbocycles. The molecule has 0 spiro atoms. The lowest BCUT2D eigenvalue weighted by molar-refractivity contribution is 0.600. The second-order valence-corrected chi connectivity index (χ2v) is 6.54. The van der Waals surface area contributed by atoms with Crippen LogP contribution in [0.2, 0.25) is 0 Å². The highest BCUT2D eigenvalue weighted by atomic mass is 32.2. The fourth-order valence-electron chi connectivity index (χ4n) is 2.00. The van der Waals surface area contributed by atoms with Gasteiger partial charge in [-0.1, -0.05) is 0 Å². The van der Waals surface area contributed by atoms with Crippen LogP contribution in [0.4, 0.5) is 5.69 Å². The maximum atomic E-state index is 12.2. The molecule has 5 heteroatoms. The largest absolute Gasteiger partial charge is 0.399 e. The fraction of sp³-hybridized carbons (Fsp3) is 0.333. The van der Waals surface area contributed by atoms with Crippen LogP contribution in [0.25, 0.3) is 6.08 Å². The summed E-state index contributed by atoms with van der Waals surface area (Å²) in [5, 5.41) is 3.22. The van der Waals surface area contributed by atoms with Crippen molar-refractivity contribution in [3.8, 4) is 0 Å². The van der Waals surface area contributed by atoms with Gasteiger partial charge in [-0.05, 0) is 42.7 Å². The Morgan fingerprint density at radius 3 is 2.82 bits per heavy atom. The van der Waals surface area contributed by atoms with E-state index in [1.165, 1.54) is 0 Å². The topological polar surface area (TPSA) is 72.2 Å². The molecule has 1 heterocycles. The first-order chi connectivity index (χ1) is 8.07. The van der Waals surface area contributed by atoms with Gasteiger partial charge in [0.2, 0.25) is 9.84 Å². The van der Waals surface area contributed by atoms with E-state index in [9.17, 15) is 8.42 Å². The fourth-order valence-corrected chi connectivity index (χ4v) is 3.51. The molecule has 1 aliphatic carbocycles. The summed E-state index contributed by atoms with van der Waals surface area (Å²) < 4.78 is 24.4. The molecule has 90 valence electrons. The quantitative estimate of drug-likeness (QED) is 0.789. The molecule has 1 saturated carbocycles. The number of hydrogen-bond acceptors (Lipinski definition) is 4. The van der Waals surface area contributed by atoms with Crippen LogP contribution in [0.3, 0.4) is 0 Å². The van der Waals surface area contributed by atoms with Crippen molar-refractivity contribution in [1.82, 2.24) is 5.32 Å². The molecule has 0 amide bonds. The first kappa shape index (κ1) is 10.8. The summed E-state index contributed by atoms with van der Waals surface area (Å²) in [4.78, 5) is 0.823. The number of nitrogen functional groups attached to an aromatic ring is 1. The predicted octanol–water partition coefficient (Wildman–Crippen LogP) is 1.15. The highest BCUT2D eigenvalue weighted by Gasteiger charge is 2.30. The van der Waals surface area contributed by atoms with Gasteiger partial charge in [-0.2, -0.15) is 0 Å². The first-order valence-electron chi connectivity index (χ1n) is 5.66. The highest BCUT2D eigenvalue weighted by Crippen LogP contribution is 2.34. The van der Waals surface area contributed by atoms with Crippen molar-refractivity contribution in [2.45, 2.75) is 23.8 Å². The average molecular weight is 250 g/mol. The predicted molar refractivity (Wildman–Crippen MR) is 67.0 cm³/mol. The summed E-state index contributed by atoms with van der Waals surface area (Å²) in [6, 6.07) is 5.42. The van der Waals surface area contributed by atoms with Crippen molar-refractivity contribution in [1.29, 1.82) is 0 Å². The molecule has 0 atom stereocenters. The zero-order chi connectivity index (χ0) is 12.0. The molecule has 0 unspecified atom stereocenters. The smallest absolute Gasteiger partial charge is 0.204 e. The number of anilines is 1. The summed E-state index contributed by atoms with van der Waals surface area (Å²) in [6.45, 7) is 0.418. The zero-order valence-corrected chi connectivity index (χ0v) is 10.1. The van der Waals surface area contributed by atoms with Gasteiger partial charge in [-0.3, -0.25) is 0 Å². The van der Waals surface area contributed by atoms with Crippen LogP contribution in [0.1, 0.15) is 18.4 Å². The normalized spacial score (nSPS) is 21.1. The first-order valence-corrected chi connectivity index (χ1v) is 7.14. The van der Waals surface area contributed by atoms with E-state index in [0.717, 1.165) is 12.8 Å². The van der Waals surface area contributed by atoms with Crippen LogP contribution in [-0.2, 0) is 9.84 Å². The number of hydrogen-bond donors (Lipinski definition) is 2. The van der Waals surface area contributed by atoms with Crippen LogP contribution in [-0.4, -0.2) is 21.0 Å². The number of rotatable bonds is 3. The zero-order valence-electron chi connectivity index (χ0n) is 9.31. The minimum atomic E-state index is -3.29. The van der Waals surface area contributed by atoms with Gasteiger partial charge in [-0.25, -0.2) is 8.42 Å². The van der Waals surface area contributed by atoms with Gasteiger partial charge in [0, 0.05) is 18.3 Å². The Hall–Kier alpha value is -1.33. The summed E-state index contributed by atoms with van der Waals surface area (Å²) in [6.07, 6.45) is 4.01. The molecule has 1 aliphatic heterocycles. The maximum absolute atomic E-state index is 12.2. The lowest BCUT2D eigenvalue weighted by Crippen LogP contribution is -2.21.